The van der Waals surface area contributed by atoms with E-state index in [-0.39, 0.29) is 0 Å². The summed E-state index contributed by atoms with van der Waals surface area (Å²) < 4.78 is 2.31. The van der Waals surface area contributed by atoms with Gasteiger partial charge >= 0.3 is 0 Å². The number of hydrogen-bond donors (Lipinski definition) is 1. The van der Waals surface area contributed by atoms with Gasteiger partial charge in [-0.3, -0.25) is 5.43 Å². The lowest BCUT2D eigenvalue weighted by atomic mass is 10.1. The third-order valence-corrected chi connectivity index (χ3v) is 5.95. The first-order valence-corrected chi connectivity index (χ1v) is 11.3. The van der Waals surface area contributed by atoms with E-state index >= 15 is 0 Å². The molecule has 0 bridgehead atoms. The molecular weight excluding hydrogens is 416 g/mol. The molecule has 4 heteroatoms. The highest BCUT2D eigenvalue weighted by Crippen LogP contribution is 2.35. The lowest BCUT2D eigenvalue weighted by molar-refractivity contribution is 1.13. The van der Waals surface area contributed by atoms with Crippen molar-refractivity contribution in [1.82, 2.24) is 9.55 Å². The lowest BCUT2D eigenvalue weighted by Crippen LogP contribution is -1.99. The summed E-state index contributed by atoms with van der Waals surface area (Å²) in [6.45, 7) is 0. The van der Waals surface area contributed by atoms with E-state index in [4.69, 9.17) is 0 Å². The second-order valence-corrected chi connectivity index (χ2v) is 8.08. The van der Waals surface area contributed by atoms with Crippen molar-refractivity contribution in [3.8, 4) is 16.9 Å². The number of benzene rings is 4. The molecule has 0 aliphatic carbocycles. The van der Waals surface area contributed by atoms with Gasteiger partial charge in [-0.05, 0) is 42.0 Å². The Morgan fingerprint density at radius 3 is 2.24 bits per heavy atom. The van der Waals surface area contributed by atoms with Crippen LogP contribution in [0.1, 0.15) is 5.56 Å². The Hall–Kier alpha value is -4.70. The van der Waals surface area contributed by atoms with Crippen LogP contribution in [-0.4, -0.2) is 15.8 Å². The maximum atomic E-state index is 4.67. The van der Waals surface area contributed by atoms with Crippen LogP contribution in [0.5, 0.6) is 0 Å². The number of rotatable bonds is 5. The van der Waals surface area contributed by atoms with Gasteiger partial charge in [0.25, 0.3) is 0 Å². The summed E-state index contributed by atoms with van der Waals surface area (Å²) in [5, 5.41) is 6.86. The molecule has 0 atom stereocenters. The number of anilines is 1. The molecule has 1 N–H and O–H groups in total. The fourth-order valence-electron chi connectivity index (χ4n) is 4.41. The molecule has 4 aromatic carbocycles. The predicted octanol–water partition coefficient (Wildman–Crippen LogP) is 7.29. The van der Waals surface area contributed by atoms with Crippen molar-refractivity contribution in [1.29, 1.82) is 0 Å². The molecule has 0 spiro atoms. The highest BCUT2D eigenvalue weighted by atomic mass is 15.3. The van der Waals surface area contributed by atoms with Crippen LogP contribution in [0.2, 0.25) is 0 Å². The average molecular weight is 439 g/mol. The lowest BCUT2D eigenvalue weighted by Gasteiger charge is -2.12. The normalized spacial score (nSPS) is 11.4. The van der Waals surface area contributed by atoms with E-state index in [0.717, 1.165) is 44.3 Å². The molecule has 0 aliphatic heterocycles. The first-order chi connectivity index (χ1) is 16.9. The van der Waals surface area contributed by atoms with Crippen LogP contribution in [0.4, 0.5) is 5.82 Å². The van der Waals surface area contributed by atoms with Gasteiger partial charge in [-0.2, -0.15) is 5.10 Å². The summed E-state index contributed by atoms with van der Waals surface area (Å²) in [5.74, 6) is 0.711. The molecule has 0 fully saturated rings. The molecule has 0 saturated heterocycles. The minimum absolute atomic E-state index is 0.711. The van der Waals surface area contributed by atoms with E-state index in [0.29, 0.717) is 5.82 Å². The molecule has 4 nitrogen and oxygen atoms in total. The fraction of sp³-hybridized carbons (Fsp3) is 0. The third kappa shape index (κ3) is 3.61. The fourth-order valence-corrected chi connectivity index (χ4v) is 4.41. The number of pyridine rings is 1. The summed E-state index contributed by atoms with van der Waals surface area (Å²) in [6.07, 6.45) is 1.90. The zero-order valence-electron chi connectivity index (χ0n) is 18.5. The average Bonchev–Trinajstić information content (AvgIpc) is 3.24. The Balaban J connectivity index is 1.49. The van der Waals surface area contributed by atoms with Crippen molar-refractivity contribution in [3.63, 3.8) is 0 Å². The Morgan fingerprint density at radius 1 is 0.676 bits per heavy atom. The first-order valence-electron chi connectivity index (χ1n) is 11.3. The van der Waals surface area contributed by atoms with E-state index in [1.165, 1.54) is 0 Å². The highest BCUT2D eigenvalue weighted by molar-refractivity contribution is 6.07. The summed E-state index contributed by atoms with van der Waals surface area (Å²) in [6, 6.07) is 41.4. The number of hydrazone groups is 1. The molecule has 0 aliphatic rings. The predicted molar refractivity (Wildman–Crippen MR) is 142 cm³/mol. The van der Waals surface area contributed by atoms with Gasteiger partial charge in [-0.1, -0.05) is 84.9 Å². The Kier molecular flexibility index (Phi) is 5.09. The van der Waals surface area contributed by atoms with E-state index in [2.05, 4.69) is 105 Å². The van der Waals surface area contributed by atoms with Gasteiger partial charge in [0.2, 0.25) is 0 Å². The Bertz CT molecular complexity index is 1620. The van der Waals surface area contributed by atoms with Gasteiger partial charge in [-0.25, -0.2) is 4.98 Å². The minimum atomic E-state index is 0.711. The maximum Gasteiger partial charge on any atom is 0.146 e. The monoisotopic (exact) mass is 438 g/mol. The second-order valence-electron chi connectivity index (χ2n) is 8.08. The zero-order chi connectivity index (χ0) is 22.7. The standard InChI is InChI=1S/C30H22N4/c1-3-12-23(13-4-1)30-26(21-31-33-29-20-19-22-11-7-9-17-27(22)32-29)25-16-8-10-18-28(25)34(30)24-14-5-2-6-15-24/h1-21H,(H,32,33)/b31-21-. The largest absolute Gasteiger partial charge is 0.309 e. The molecule has 0 radical (unpaired) electrons. The van der Waals surface area contributed by atoms with Gasteiger partial charge in [0, 0.05) is 22.0 Å². The van der Waals surface area contributed by atoms with Gasteiger partial charge in [-0.15, -0.1) is 0 Å². The Labute approximate surface area is 197 Å². The van der Waals surface area contributed by atoms with Crippen molar-refractivity contribution in [2.45, 2.75) is 0 Å². The van der Waals surface area contributed by atoms with E-state index in [9.17, 15) is 0 Å². The van der Waals surface area contributed by atoms with Crippen LogP contribution in [0.25, 0.3) is 38.8 Å². The number of hydrogen-bond acceptors (Lipinski definition) is 3. The summed E-state index contributed by atoms with van der Waals surface area (Å²) in [7, 11) is 0. The zero-order valence-corrected chi connectivity index (χ0v) is 18.5. The van der Waals surface area contributed by atoms with Crippen LogP contribution >= 0.6 is 0 Å². The molecule has 2 heterocycles. The summed E-state index contributed by atoms with van der Waals surface area (Å²) in [4.78, 5) is 4.67. The molecule has 6 aromatic rings. The number of nitrogens with one attached hydrogen (secondary N) is 1. The van der Waals surface area contributed by atoms with E-state index in [1.807, 2.05) is 42.6 Å². The van der Waals surface area contributed by atoms with Crippen LogP contribution in [-0.2, 0) is 0 Å². The van der Waals surface area contributed by atoms with Crippen molar-refractivity contribution < 1.29 is 0 Å². The van der Waals surface area contributed by atoms with Gasteiger partial charge in [0.15, 0.2) is 0 Å². The molecule has 0 saturated carbocycles. The second kappa shape index (κ2) is 8.68. The first kappa shape index (κ1) is 19.9. The van der Waals surface area contributed by atoms with Gasteiger partial charge in [0.05, 0.1) is 22.9 Å². The number of fused-ring (bicyclic) bond motifs is 2. The Morgan fingerprint density at radius 2 is 1.38 bits per heavy atom. The molecule has 2 aromatic heterocycles. The van der Waals surface area contributed by atoms with Crippen LogP contribution < -0.4 is 5.43 Å². The molecule has 162 valence electrons. The van der Waals surface area contributed by atoms with Crippen molar-refractivity contribution >= 4 is 33.8 Å². The summed E-state index contributed by atoms with van der Waals surface area (Å²) in [5.41, 5.74) is 9.60. The minimum Gasteiger partial charge on any atom is -0.309 e. The molecular formula is C30H22N4. The highest BCUT2D eigenvalue weighted by Gasteiger charge is 2.18. The van der Waals surface area contributed by atoms with Gasteiger partial charge in [0.1, 0.15) is 5.82 Å². The third-order valence-electron chi connectivity index (χ3n) is 5.95. The van der Waals surface area contributed by atoms with Crippen LogP contribution in [0, 0.1) is 0 Å². The van der Waals surface area contributed by atoms with Crippen LogP contribution in [0.15, 0.2) is 126 Å². The SMILES string of the molecule is C(=N/Nc1ccc2ccccc2n1)/c1c(-c2ccccc2)n(-c2ccccc2)c2ccccc12. The van der Waals surface area contributed by atoms with Crippen LogP contribution in [0.3, 0.4) is 0 Å². The van der Waals surface area contributed by atoms with Crippen molar-refractivity contribution in [3.05, 3.63) is 127 Å². The number of aromatic nitrogens is 2. The molecule has 6 rings (SSSR count). The van der Waals surface area contributed by atoms with Gasteiger partial charge < -0.3 is 4.57 Å². The number of nitrogens with zero attached hydrogens (tertiary/aromatic N) is 3. The van der Waals surface area contributed by atoms with Crippen molar-refractivity contribution in [2.24, 2.45) is 5.10 Å². The van der Waals surface area contributed by atoms with Crippen molar-refractivity contribution in [2.75, 3.05) is 5.43 Å². The molecule has 34 heavy (non-hydrogen) atoms. The number of para-hydroxylation sites is 3. The smallest absolute Gasteiger partial charge is 0.146 e. The van der Waals surface area contributed by atoms with E-state index in [1.54, 1.807) is 0 Å². The maximum absolute atomic E-state index is 4.67. The summed E-state index contributed by atoms with van der Waals surface area (Å²) >= 11 is 0. The van der Waals surface area contributed by atoms with E-state index < -0.39 is 0 Å². The topological polar surface area (TPSA) is 42.2 Å². The quantitative estimate of drug-likeness (QED) is 0.227. The molecule has 0 unspecified atom stereocenters. The molecule has 0 amide bonds.